The topological polar surface area (TPSA) is 33.0 Å². The van der Waals surface area contributed by atoms with Crippen molar-refractivity contribution >= 4 is 34.8 Å². The Kier molecular flexibility index (Phi) is 6.03. The van der Waals surface area contributed by atoms with Gasteiger partial charge in [-0.15, -0.1) is 0 Å². The van der Waals surface area contributed by atoms with Crippen molar-refractivity contribution in [3.63, 3.8) is 0 Å². The third-order valence-corrected chi connectivity index (χ3v) is 3.43. The van der Waals surface area contributed by atoms with Crippen LogP contribution in [0.25, 0.3) is 0 Å². The van der Waals surface area contributed by atoms with Crippen LogP contribution in [-0.2, 0) is 11.3 Å². The van der Waals surface area contributed by atoms with Crippen LogP contribution in [0.1, 0.15) is 19.3 Å². The third kappa shape index (κ3) is 5.74. The van der Waals surface area contributed by atoms with Crippen LogP contribution in [0, 0.1) is 0 Å². The molecule has 3 nitrogen and oxygen atoms in total. The summed E-state index contributed by atoms with van der Waals surface area (Å²) >= 11 is 11.8. The molecule has 1 aromatic carbocycles. The minimum Gasteiger partial charge on any atom is -0.326 e. The van der Waals surface area contributed by atoms with Crippen LogP contribution in [0.15, 0.2) is 48.8 Å². The number of carbonyl (C=O) groups is 1. The summed E-state index contributed by atoms with van der Waals surface area (Å²) in [6.07, 6.45) is 6.32. The fraction of sp³-hybridized carbons (Fsp3) is 0.250. The summed E-state index contributed by atoms with van der Waals surface area (Å²) in [7, 11) is 0. The molecule has 0 atom stereocenters. The second kappa shape index (κ2) is 8.01. The monoisotopic (exact) mass is 323 g/mol. The fourth-order valence-electron chi connectivity index (χ4n) is 2.01. The molecule has 0 bridgehead atoms. The lowest BCUT2D eigenvalue weighted by Gasteiger charge is -2.06. The number of aromatic nitrogens is 1. The zero-order chi connectivity index (χ0) is 15.1. The first-order chi connectivity index (χ1) is 10.1. The molecule has 2 rings (SSSR count). The smallest absolute Gasteiger partial charge is 0.224 e. The first-order valence-electron chi connectivity index (χ1n) is 6.83. The molecular weight excluding hydrogens is 307 g/mol. The summed E-state index contributed by atoms with van der Waals surface area (Å²) in [6, 6.07) is 11.0. The number of aryl methyl sites for hydroxylation is 1. The summed E-state index contributed by atoms with van der Waals surface area (Å²) in [6.45, 7) is 0.914. The molecule has 0 fully saturated rings. The number of hydrogen-bond donors (Lipinski definition) is 1. The molecule has 1 heterocycles. The van der Waals surface area contributed by atoms with Crippen LogP contribution in [-0.4, -0.2) is 5.91 Å². The molecule has 0 saturated heterocycles. The van der Waals surface area contributed by atoms with E-state index < -0.39 is 0 Å². The molecule has 0 aliphatic rings. The van der Waals surface area contributed by atoms with Gasteiger partial charge < -0.3 is 5.32 Å². The predicted octanol–water partition coefficient (Wildman–Crippen LogP) is 4.09. The van der Waals surface area contributed by atoms with Crippen LogP contribution >= 0.6 is 23.2 Å². The lowest BCUT2D eigenvalue weighted by atomic mass is 10.2. The van der Waals surface area contributed by atoms with Crippen molar-refractivity contribution in [2.24, 2.45) is 0 Å². The maximum atomic E-state index is 11.8. The molecule has 0 saturated carbocycles. The number of carbonyl (C=O) groups excluding carboxylic acids is 1. The molecule has 0 radical (unpaired) electrons. The summed E-state index contributed by atoms with van der Waals surface area (Å²) < 4.78 is 2.11. The van der Waals surface area contributed by atoms with Gasteiger partial charge in [-0.05, 0) is 24.6 Å². The van der Waals surface area contributed by atoms with Crippen LogP contribution in [0.3, 0.4) is 0 Å². The number of anilines is 1. The number of unbranched alkanes of at least 4 members (excludes halogenated alkanes) is 1. The summed E-state index contributed by atoms with van der Waals surface area (Å²) in [5, 5.41) is 3.83. The van der Waals surface area contributed by atoms with E-state index in [0.717, 1.165) is 19.4 Å². The van der Waals surface area contributed by atoms with Gasteiger partial charge in [-0.25, -0.2) is 4.57 Å². The number of nitrogens with one attached hydrogen (secondary N) is 1. The van der Waals surface area contributed by atoms with Gasteiger partial charge in [-0.1, -0.05) is 29.3 Å². The molecule has 1 N–H and O–H groups in total. The van der Waals surface area contributed by atoms with Crippen LogP contribution in [0.2, 0.25) is 10.0 Å². The zero-order valence-corrected chi connectivity index (χ0v) is 13.1. The van der Waals surface area contributed by atoms with Gasteiger partial charge >= 0.3 is 0 Å². The van der Waals surface area contributed by atoms with Crippen molar-refractivity contribution in [2.75, 3.05) is 5.32 Å². The lowest BCUT2D eigenvalue weighted by Crippen LogP contribution is -2.32. The highest BCUT2D eigenvalue weighted by Gasteiger charge is 2.05. The average Bonchev–Trinajstić information content (AvgIpc) is 2.43. The Hall–Kier alpha value is -1.58. The fourth-order valence-corrected chi connectivity index (χ4v) is 2.54. The standard InChI is InChI=1S/C16H16Cl2N2O/c17-13-10-14(18)12-15(11-13)19-16(21)6-2-5-9-20-7-3-1-4-8-20/h1,3-4,7-8,10-12H,2,5-6,9H2/p+1. The van der Waals surface area contributed by atoms with E-state index in [-0.39, 0.29) is 5.91 Å². The largest absolute Gasteiger partial charge is 0.326 e. The van der Waals surface area contributed by atoms with Gasteiger partial charge in [-0.2, -0.15) is 0 Å². The minimum atomic E-state index is -0.0219. The molecule has 1 aromatic heterocycles. The molecule has 0 aliphatic carbocycles. The first-order valence-corrected chi connectivity index (χ1v) is 7.59. The van der Waals surface area contributed by atoms with E-state index >= 15 is 0 Å². The van der Waals surface area contributed by atoms with Gasteiger partial charge in [-0.3, -0.25) is 4.79 Å². The normalized spacial score (nSPS) is 10.4. The molecule has 0 unspecified atom stereocenters. The quantitative estimate of drug-likeness (QED) is 0.630. The van der Waals surface area contributed by atoms with E-state index in [0.29, 0.717) is 22.2 Å². The third-order valence-electron chi connectivity index (χ3n) is 2.99. The molecule has 1 amide bonds. The van der Waals surface area contributed by atoms with Gasteiger partial charge in [0.05, 0.1) is 0 Å². The van der Waals surface area contributed by atoms with E-state index in [9.17, 15) is 4.79 Å². The molecular formula is C16H17Cl2N2O+. The Balaban J connectivity index is 1.72. The number of rotatable bonds is 6. The molecule has 0 spiro atoms. The van der Waals surface area contributed by atoms with Gasteiger partial charge in [0.2, 0.25) is 5.91 Å². The van der Waals surface area contributed by atoms with Gasteiger partial charge in [0.15, 0.2) is 12.4 Å². The first kappa shape index (κ1) is 15.8. The zero-order valence-electron chi connectivity index (χ0n) is 11.6. The molecule has 2 aromatic rings. The summed E-state index contributed by atoms with van der Waals surface area (Å²) in [5.41, 5.74) is 0.634. The van der Waals surface area contributed by atoms with Crippen LogP contribution in [0.5, 0.6) is 0 Å². The van der Waals surface area contributed by atoms with Crippen molar-refractivity contribution in [2.45, 2.75) is 25.8 Å². The number of nitrogens with zero attached hydrogens (tertiary/aromatic N) is 1. The average molecular weight is 324 g/mol. The van der Waals surface area contributed by atoms with Gasteiger partial charge in [0.1, 0.15) is 6.54 Å². The van der Waals surface area contributed by atoms with E-state index in [4.69, 9.17) is 23.2 Å². The van der Waals surface area contributed by atoms with Crippen molar-refractivity contribution < 1.29 is 9.36 Å². The Bertz CT molecular complexity index is 582. The van der Waals surface area contributed by atoms with Crippen LogP contribution in [0.4, 0.5) is 5.69 Å². The van der Waals surface area contributed by atoms with Crippen molar-refractivity contribution in [1.82, 2.24) is 0 Å². The number of amides is 1. The summed E-state index contributed by atoms with van der Waals surface area (Å²) in [4.78, 5) is 11.8. The van der Waals surface area contributed by atoms with Crippen molar-refractivity contribution in [1.29, 1.82) is 0 Å². The van der Waals surface area contributed by atoms with E-state index in [1.807, 2.05) is 30.6 Å². The number of benzene rings is 1. The highest BCUT2D eigenvalue weighted by molar-refractivity contribution is 6.35. The number of hydrogen-bond acceptors (Lipinski definition) is 1. The SMILES string of the molecule is O=C(CCCC[n+]1ccccc1)Nc1cc(Cl)cc(Cl)c1. The van der Waals surface area contributed by atoms with E-state index in [2.05, 4.69) is 9.88 Å². The van der Waals surface area contributed by atoms with Gasteiger partial charge in [0.25, 0.3) is 0 Å². The second-order valence-corrected chi connectivity index (χ2v) is 5.65. The Labute approximate surface area is 134 Å². The molecule has 5 heteroatoms. The van der Waals surface area contributed by atoms with Gasteiger partial charge in [0, 0.05) is 40.7 Å². The number of pyridine rings is 1. The molecule has 0 aliphatic heterocycles. The van der Waals surface area contributed by atoms with E-state index in [1.165, 1.54) is 0 Å². The Morgan fingerprint density at radius 1 is 1.00 bits per heavy atom. The predicted molar refractivity (Wildman–Crippen MR) is 85.6 cm³/mol. The van der Waals surface area contributed by atoms with Crippen LogP contribution < -0.4 is 9.88 Å². The van der Waals surface area contributed by atoms with E-state index in [1.54, 1.807) is 18.2 Å². The molecule has 21 heavy (non-hydrogen) atoms. The molecule has 110 valence electrons. The highest BCUT2D eigenvalue weighted by Crippen LogP contribution is 2.22. The number of halogens is 2. The Morgan fingerprint density at radius 3 is 2.33 bits per heavy atom. The maximum absolute atomic E-state index is 11.8. The minimum absolute atomic E-state index is 0.0219. The lowest BCUT2D eigenvalue weighted by molar-refractivity contribution is -0.697. The Morgan fingerprint density at radius 2 is 1.67 bits per heavy atom. The van der Waals surface area contributed by atoms with Crippen molar-refractivity contribution in [3.05, 3.63) is 58.8 Å². The van der Waals surface area contributed by atoms with Crippen molar-refractivity contribution in [3.8, 4) is 0 Å². The second-order valence-electron chi connectivity index (χ2n) is 4.78. The maximum Gasteiger partial charge on any atom is 0.224 e. The highest BCUT2D eigenvalue weighted by atomic mass is 35.5. The summed E-state index contributed by atoms with van der Waals surface area (Å²) in [5.74, 6) is -0.0219.